The molecule has 4 atom stereocenters. The van der Waals surface area contributed by atoms with Crippen molar-refractivity contribution in [2.75, 3.05) is 0 Å². The number of nitrogens with zero attached hydrogens (tertiary/aromatic N) is 2. The number of hydrazine groups is 1. The van der Waals surface area contributed by atoms with E-state index in [0.717, 1.165) is 5.69 Å². The summed E-state index contributed by atoms with van der Waals surface area (Å²) < 4.78 is 1.95. The number of hydrogen-bond acceptors (Lipinski definition) is 4. The summed E-state index contributed by atoms with van der Waals surface area (Å²) in [5, 5.41) is 7.63. The smallest absolute Gasteiger partial charge is 0.221 e. The summed E-state index contributed by atoms with van der Waals surface area (Å²) in [6, 6.07) is 6.82. The van der Waals surface area contributed by atoms with Gasteiger partial charge in [0.1, 0.15) is 0 Å². The Balaban J connectivity index is 1.64. The highest BCUT2D eigenvalue weighted by atomic mass is 16.2. The van der Waals surface area contributed by atoms with Crippen molar-refractivity contribution in [3.8, 4) is 5.69 Å². The van der Waals surface area contributed by atoms with Crippen LogP contribution in [0.5, 0.6) is 0 Å². The minimum Gasteiger partial charge on any atom is -0.339 e. The highest BCUT2D eigenvalue weighted by molar-refractivity contribution is 5.79. The lowest BCUT2D eigenvalue weighted by atomic mass is 9.73. The second-order valence-electron chi connectivity index (χ2n) is 8.06. The first-order chi connectivity index (χ1) is 12.6. The minimum atomic E-state index is -0.00172. The molecule has 1 saturated carbocycles. The third-order valence-corrected chi connectivity index (χ3v) is 6.13. The number of carbonyl (C=O) groups excluding carboxylic acids is 1. The molecule has 2 aromatic rings. The Morgan fingerprint density at radius 3 is 2.77 bits per heavy atom. The van der Waals surface area contributed by atoms with E-state index in [1.165, 1.54) is 29.5 Å². The fraction of sp³-hybridized carbons (Fsp3) is 0.500. The van der Waals surface area contributed by atoms with Gasteiger partial charge in [-0.3, -0.25) is 10.2 Å². The maximum absolute atomic E-state index is 12.4. The number of amides is 1. The summed E-state index contributed by atoms with van der Waals surface area (Å²) in [6.07, 6.45) is 6.89. The molecule has 1 amide bonds. The number of fused-ring (bicyclic) bond motifs is 1. The average Bonchev–Trinajstić information content (AvgIpc) is 3.13. The van der Waals surface area contributed by atoms with Crippen molar-refractivity contribution in [1.29, 1.82) is 0 Å². The highest BCUT2D eigenvalue weighted by Gasteiger charge is 2.51. The predicted octanol–water partition coefficient (Wildman–Crippen LogP) is 1.92. The van der Waals surface area contributed by atoms with Crippen LogP contribution in [0.3, 0.4) is 0 Å². The molecular weight excluding hydrogens is 326 g/mol. The minimum absolute atomic E-state index is 0.00172. The van der Waals surface area contributed by atoms with Crippen molar-refractivity contribution in [2.24, 2.45) is 11.8 Å². The lowest BCUT2D eigenvalue weighted by Crippen LogP contribution is -2.52. The fourth-order valence-electron chi connectivity index (χ4n) is 4.96. The van der Waals surface area contributed by atoms with Crippen LogP contribution in [0.15, 0.2) is 30.6 Å². The summed E-state index contributed by atoms with van der Waals surface area (Å²) in [5.41, 5.74) is 11.6. The van der Waals surface area contributed by atoms with Crippen molar-refractivity contribution >= 4 is 5.91 Å². The van der Waals surface area contributed by atoms with E-state index in [1.807, 2.05) is 23.1 Å². The lowest BCUT2D eigenvalue weighted by Gasteiger charge is -2.37. The summed E-state index contributed by atoms with van der Waals surface area (Å²) in [5.74, 6) is 1.37. The number of hydrogen-bond donors (Lipinski definition) is 3. The molecule has 1 aromatic heterocycles. The van der Waals surface area contributed by atoms with Gasteiger partial charge >= 0.3 is 0 Å². The molecule has 3 heterocycles. The Morgan fingerprint density at radius 1 is 1.19 bits per heavy atom. The molecule has 6 nitrogen and oxygen atoms in total. The number of aryl methyl sites for hydroxylation is 2. The number of carbonyl (C=O) groups is 1. The zero-order valence-electron chi connectivity index (χ0n) is 15.2. The molecule has 3 N–H and O–H groups in total. The third-order valence-electron chi connectivity index (χ3n) is 6.13. The Kier molecular flexibility index (Phi) is 3.65. The third kappa shape index (κ3) is 2.56. The van der Waals surface area contributed by atoms with Gasteiger partial charge in [-0.1, -0.05) is 17.7 Å². The summed E-state index contributed by atoms with van der Waals surface area (Å²) >= 11 is 0. The molecule has 26 heavy (non-hydrogen) atoms. The van der Waals surface area contributed by atoms with E-state index in [4.69, 9.17) is 0 Å². The molecular formula is C20H25N5O. The lowest BCUT2D eigenvalue weighted by molar-refractivity contribution is -0.125. The van der Waals surface area contributed by atoms with E-state index >= 15 is 0 Å². The number of aromatic nitrogens is 2. The zero-order valence-corrected chi connectivity index (χ0v) is 15.2. The zero-order chi connectivity index (χ0) is 17.8. The molecule has 2 aliphatic heterocycles. The maximum atomic E-state index is 12.4. The molecule has 5 rings (SSSR count). The second kappa shape index (κ2) is 5.93. The van der Waals surface area contributed by atoms with Gasteiger partial charge in [-0.15, -0.1) is 0 Å². The molecule has 0 spiro atoms. The Bertz CT molecular complexity index is 842. The van der Waals surface area contributed by atoms with Gasteiger partial charge in [0.25, 0.3) is 0 Å². The topological polar surface area (TPSA) is 71.0 Å². The summed E-state index contributed by atoms with van der Waals surface area (Å²) in [4.78, 5) is 12.4. The summed E-state index contributed by atoms with van der Waals surface area (Å²) in [6.45, 7) is 4.27. The number of benzene rings is 1. The van der Waals surface area contributed by atoms with Crippen LogP contribution in [0, 0.1) is 25.7 Å². The van der Waals surface area contributed by atoms with Gasteiger partial charge in [-0.2, -0.15) is 5.10 Å². The van der Waals surface area contributed by atoms with Gasteiger partial charge in [0.15, 0.2) is 0 Å². The average molecular weight is 351 g/mol. The molecule has 0 bridgehead atoms. The second-order valence-corrected chi connectivity index (χ2v) is 8.06. The fourth-order valence-corrected chi connectivity index (χ4v) is 4.96. The van der Waals surface area contributed by atoms with E-state index in [2.05, 4.69) is 47.2 Å². The van der Waals surface area contributed by atoms with Crippen LogP contribution in [-0.2, 0) is 4.79 Å². The van der Waals surface area contributed by atoms with E-state index in [-0.39, 0.29) is 18.0 Å². The van der Waals surface area contributed by atoms with Crippen molar-refractivity contribution in [3.05, 3.63) is 47.3 Å². The van der Waals surface area contributed by atoms with Crippen LogP contribution >= 0.6 is 0 Å². The predicted molar refractivity (Wildman–Crippen MR) is 98.6 cm³/mol. The van der Waals surface area contributed by atoms with E-state index in [9.17, 15) is 4.79 Å². The van der Waals surface area contributed by atoms with Gasteiger partial charge in [-0.05, 0) is 49.8 Å². The van der Waals surface area contributed by atoms with E-state index in [1.54, 1.807) is 0 Å². The standard InChI is InChI=1S/C20H25N5O/c1-11-8-12(2)19(25-7-3-6-21-25)15(9-11)14-10-16(26)22-20-17(14)18(23-24-20)13-4-5-13/h3,6-9,13-14,17-18,20,23-24H,4-5,10H2,1-2H3,(H,22,26). The van der Waals surface area contributed by atoms with Crippen molar-refractivity contribution in [3.63, 3.8) is 0 Å². The van der Waals surface area contributed by atoms with Crippen molar-refractivity contribution < 1.29 is 4.79 Å². The van der Waals surface area contributed by atoms with Gasteiger partial charge in [0, 0.05) is 36.7 Å². The largest absolute Gasteiger partial charge is 0.339 e. The number of rotatable bonds is 3. The summed E-state index contributed by atoms with van der Waals surface area (Å²) in [7, 11) is 0. The van der Waals surface area contributed by atoms with Crippen molar-refractivity contribution in [2.45, 2.75) is 51.2 Å². The molecule has 1 aromatic carbocycles. The van der Waals surface area contributed by atoms with E-state index < -0.39 is 0 Å². The van der Waals surface area contributed by atoms with Crippen LogP contribution in [-0.4, -0.2) is 27.9 Å². The quantitative estimate of drug-likeness (QED) is 0.790. The van der Waals surface area contributed by atoms with Gasteiger partial charge < -0.3 is 5.32 Å². The molecule has 3 aliphatic rings. The SMILES string of the molecule is Cc1cc(C)c(-n2cccn2)c(C2CC(=O)NC3NNC(C4CC4)C32)c1. The normalized spacial score (nSPS) is 30.9. The van der Waals surface area contributed by atoms with Crippen LogP contribution in [0.25, 0.3) is 5.69 Å². The molecule has 6 heteroatoms. The molecule has 3 fully saturated rings. The van der Waals surface area contributed by atoms with Crippen LogP contribution in [0.1, 0.15) is 41.9 Å². The first kappa shape index (κ1) is 16.0. The van der Waals surface area contributed by atoms with Gasteiger partial charge in [0.05, 0.1) is 11.9 Å². The number of piperidine rings is 1. The molecule has 1 aliphatic carbocycles. The van der Waals surface area contributed by atoms with Crippen LogP contribution in [0.4, 0.5) is 0 Å². The number of nitrogens with one attached hydrogen (secondary N) is 3. The Hall–Kier alpha value is -2.18. The highest BCUT2D eigenvalue weighted by Crippen LogP contribution is 2.47. The molecule has 0 radical (unpaired) electrons. The van der Waals surface area contributed by atoms with E-state index in [0.29, 0.717) is 24.3 Å². The Labute approximate surface area is 153 Å². The van der Waals surface area contributed by atoms with Crippen LogP contribution < -0.4 is 16.2 Å². The van der Waals surface area contributed by atoms with Gasteiger partial charge in [-0.25, -0.2) is 10.1 Å². The molecule has 2 saturated heterocycles. The van der Waals surface area contributed by atoms with Gasteiger partial charge in [0.2, 0.25) is 5.91 Å². The van der Waals surface area contributed by atoms with Crippen molar-refractivity contribution in [1.82, 2.24) is 25.9 Å². The first-order valence-electron chi connectivity index (χ1n) is 9.53. The monoisotopic (exact) mass is 351 g/mol. The molecule has 136 valence electrons. The maximum Gasteiger partial charge on any atom is 0.221 e. The Morgan fingerprint density at radius 2 is 2.04 bits per heavy atom. The first-order valence-corrected chi connectivity index (χ1v) is 9.53. The molecule has 4 unspecified atom stereocenters. The van der Waals surface area contributed by atoms with Crippen LogP contribution in [0.2, 0.25) is 0 Å².